The van der Waals surface area contributed by atoms with Gasteiger partial charge in [-0.15, -0.1) is 0 Å². The van der Waals surface area contributed by atoms with Gasteiger partial charge in [-0.2, -0.15) is 0 Å². The Morgan fingerprint density at radius 2 is 1.82 bits per heavy atom. The van der Waals surface area contributed by atoms with Gasteiger partial charge in [-0.25, -0.2) is 0 Å². The highest BCUT2D eigenvalue weighted by molar-refractivity contribution is 7.80. The third kappa shape index (κ3) is 4.39. The highest BCUT2D eigenvalue weighted by Crippen LogP contribution is 2.43. The van der Waals surface area contributed by atoms with Crippen molar-refractivity contribution in [1.29, 1.82) is 0 Å². The number of fused-ring (bicyclic) bond motifs is 1. The number of carbonyl (C=O) groups is 2. The maximum absolute atomic E-state index is 13.4. The zero-order valence-corrected chi connectivity index (χ0v) is 21.5. The maximum atomic E-state index is 13.4. The molecule has 2 aliphatic rings. The Bertz CT molecular complexity index is 1170. The zero-order chi connectivity index (χ0) is 24.6. The monoisotopic (exact) mass is 475 g/mol. The van der Waals surface area contributed by atoms with Crippen LogP contribution >= 0.6 is 12.2 Å². The molecule has 0 spiro atoms. The van der Waals surface area contributed by atoms with E-state index >= 15 is 0 Å². The van der Waals surface area contributed by atoms with Crippen LogP contribution in [0.3, 0.4) is 0 Å². The van der Waals surface area contributed by atoms with Gasteiger partial charge in [0, 0.05) is 17.8 Å². The predicted octanol–water partition coefficient (Wildman–Crippen LogP) is 5.58. The van der Waals surface area contributed by atoms with Crippen molar-refractivity contribution in [3.63, 3.8) is 0 Å². The number of hydrogen-bond donors (Lipinski definition) is 1. The van der Waals surface area contributed by atoms with E-state index in [9.17, 15) is 9.59 Å². The van der Waals surface area contributed by atoms with Crippen molar-refractivity contribution < 1.29 is 9.59 Å². The Kier molecular flexibility index (Phi) is 6.63. The summed E-state index contributed by atoms with van der Waals surface area (Å²) in [5.41, 5.74) is 5.33. The summed E-state index contributed by atoms with van der Waals surface area (Å²) in [6, 6.07) is 13.9. The van der Waals surface area contributed by atoms with Gasteiger partial charge in [0.05, 0.1) is 5.69 Å². The number of hydrogen-bond acceptors (Lipinski definition) is 4. The predicted molar refractivity (Wildman–Crippen MR) is 143 cm³/mol. The quantitative estimate of drug-likeness (QED) is 0.348. The summed E-state index contributed by atoms with van der Waals surface area (Å²) < 4.78 is 0. The van der Waals surface area contributed by atoms with Gasteiger partial charge in [0.15, 0.2) is 5.11 Å². The standard InChI is InChI=1S/C28H33N3O2S/c1-6-14-30-24-13-10-20(15-22(24)18(3)17-28(30,4)5)16-23-25(32)29-27(34)31(26(23)33)21-11-8-19(7-2)9-12-21/h8-13,15-16,18H,6-7,14,17H2,1-5H3,(H,29,32,34)/b23-16-. The van der Waals surface area contributed by atoms with Gasteiger partial charge in [0.25, 0.3) is 11.8 Å². The lowest BCUT2D eigenvalue weighted by Gasteiger charge is -2.47. The molecule has 2 aliphatic heterocycles. The fourth-order valence-electron chi connectivity index (χ4n) is 5.18. The summed E-state index contributed by atoms with van der Waals surface area (Å²) in [5, 5.41) is 2.79. The molecule has 0 bridgehead atoms. The second-order valence-electron chi connectivity index (χ2n) is 9.87. The van der Waals surface area contributed by atoms with Gasteiger partial charge in [-0.3, -0.25) is 19.8 Å². The number of carbonyl (C=O) groups excluding carboxylic acids is 2. The first kappa shape index (κ1) is 24.1. The molecule has 1 fully saturated rings. The minimum absolute atomic E-state index is 0.0855. The van der Waals surface area contributed by atoms with E-state index in [-0.39, 0.29) is 16.2 Å². The van der Waals surface area contributed by atoms with Gasteiger partial charge >= 0.3 is 0 Å². The number of thiocarbonyl (C=S) groups is 1. The molecule has 1 unspecified atom stereocenters. The van der Waals surface area contributed by atoms with E-state index in [2.05, 4.69) is 57.0 Å². The number of anilines is 2. The molecule has 0 aliphatic carbocycles. The molecule has 2 aromatic carbocycles. The molecule has 34 heavy (non-hydrogen) atoms. The lowest BCUT2D eigenvalue weighted by atomic mass is 9.79. The molecule has 178 valence electrons. The highest BCUT2D eigenvalue weighted by Gasteiger charge is 2.37. The van der Waals surface area contributed by atoms with Crippen LogP contribution in [0.2, 0.25) is 0 Å². The zero-order valence-electron chi connectivity index (χ0n) is 20.6. The van der Waals surface area contributed by atoms with Crippen molar-refractivity contribution in [3.05, 3.63) is 64.7 Å². The van der Waals surface area contributed by atoms with Crippen molar-refractivity contribution >= 4 is 46.6 Å². The highest BCUT2D eigenvalue weighted by atomic mass is 32.1. The fourth-order valence-corrected chi connectivity index (χ4v) is 5.47. The largest absolute Gasteiger partial charge is 0.366 e. The lowest BCUT2D eigenvalue weighted by molar-refractivity contribution is -0.122. The summed E-state index contributed by atoms with van der Waals surface area (Å²) in [4.78, 5) is 30.0. The topological polar surface area (TPSA) is 52.7 Å². The molecule has 0 radical (unpaired) electrons. The second-order valence-corrected chi connectivity index (χ2v) is 10.3. The molecule has 2 aromatic rings. The molecule has 5 nitrogen and oxygen atoms in total. The Hall–Kier alpha value is -2.99. The second kappa shape index (κ2) is 9.34. The van der Waals surface area contributed by atoms with Crippen molar-refractivity contribution in [2.45, 2.75) is 65.3 Å². The van der Waals surface area contributed by atoms with Gasteiger partial charge < -0.3 is 4.90 Å². The van der Waals surface area contributed by atoms with Crippen LogP contribution in [0.25, 0.3) is 6.08 Å². The van der Waals surface area contributed by atoms with Gasteiger partial charge in [0.1, 0.15) is 5.57 Å². The molecule has 0 aromatic heterocycles. The number of amides is 2. The van der Waals surface area contributed by atoms with Crippen LogP contribution in [0.5, 0.6) is 0 Å². The van der Waals surface area contributed by atoms with Crippen molar-refractivity contribution in [3.8, 4) is 0 Å². The molecule has 6 heteroatoms. The smallest absolute Gasteiger partial charge is 0.270 e. The van der Waals surface area contributed by atoms with Gasteiger partial charge in [-0.1, -0.05) is 39.0 Å². The third-order valence-corrected chi connectivity index (χ3v) is 7.16. The molecule has 2 amide bonds. The first-order valence-electron chi connectivity index (χ1n) is 12.1. The third-order valence-electron chi connectivity index (χ3n) is 6.87. The van der Waals surface area contributed by atoms with Gasteiger partial charge in [0.2, 0.25) is 0 Å². The fraction of sp³-hybridized carbons (Fsp3) is 0.393. The molecule has 0 saturated carbocycles. The summed E-state index contributed by atoms with van der Waals surface area (Å²) >= 11 is 5.34. The number of nitrogens with one attached hydrogen (secondary N) is 1. The van der Waals surface area contributed by atoms with Crippen LogP contribution in [-0.2, 0) is 16.0 Å². The van der Waals surface area contributed by atoms with Gasteiger partial charge in [-0.05, 0) is 98.3 Å². The molecular formula is C28H33N3O2S. The van der Waals surface area contributed by atoms with Crippen LogP contribution in [0.1, 0.15) is 70.1 Å². The van der Waals surface area contributed by atoms with E-state index < -0.39 is 11.8 Å². The van der Waals surface area contributed by atoms with E-state index in [1.165, 1.54) is 21.7 Å². The molecule has 1 atom stereocenters. The first-order chi connectivity index (χ1) is 16.2. The maximum Gasteiger partial charge on any atom is 0.270 e. The number of aryl methyl sites for hydroxylation is 1. The van der Waals surface area contributed by atoms with Crippen LogP contribution in [0, 0.1) is 0 Å². The van der Waals surface area contributed by atoms with Crippen LogP contribution in [0.4, 0.5) is 11.4 Å². The minimum atomic E-state index is -0.462. The van der Waals surface area contributed by atoms with E-state index in [1.54, 1.807) is 6.08 Å². The average Bonchev–Trinajstić information content (AvgIpc) is 2.79. The normalized spacial score (nSPS) is 21.0. The molecular weight excluding hydrogens is 442 g/mol. The SMILES string of the molecule is CCCN1c2ccc(/C=C3/C(=O)NC(=S)N(c4ccc(CC)cc4)C3=O)cc2C(C)CC1(C)C. The van der Waals surface area contributed by atoms with E-state index in [0.29, 0.717) is 11.6 Å². The molecule has 2 heterocycles. The Labute approximate surface area is 207 Å². The van der Waals surface area contributed by atoms with Crippen LogP contribution in [0.15, 0.2) is 48.0 Å². The van der Waals surface area contributed by atoms with E-state index in [0.717, 1.165) is 31.4 Å². The first-order valence-corrected chi connectivity index (χ1v) is 12.5. The minimum Gasteiger partial charge on any atom is -0.366 e. The van der Waals surface area contributed by atoms with Crippen LogP contribution < -0.4 is 15.1 Å². The Morgan fingerprint density at radius 3 is 2.47 bits per heavy atom. The molecule has 1 N–H and O–H groups in total. The van der Waals surface area contributed by atoms with Crippen molar-refractivity contribution in [1.82, 2.24) is 5.32 Å². The summed E-state index contributed by atoms with van der Waals surface area (Å²) in [5.74, 6) is -0.484. The average molecular weight is 476 g/mol. The Morgan fingerprint density at radius 1 is 1.12 bits per heavy atom. The van der Waals surface area contributed by atoms with Crippen molar-refractivity contribution in [2.24, 2.45) is 0 Å². The number of rotatable bonds is 5. The molecule has 4 rings (SSSR count). The summed E-state index contributed by atoms with van der Waals surface area (Å²) in [7, 11) is 0. The van der Waals surface area contributed by atoms with E-state index in [4.69, 9.17) is 12.2 Å². The summed E-state index contributed by atoms with van der Waals surface area (Å²) in [6.07, 6.45) is 4.72. The Balaban J connectivity index is 1.70. The molecule has 1 saturated heterocycles. The number of nitrogens with zero attached hydrogens (tertiary/aromatic N) is 2. The summed E-state index contributed by atoms with van der Waals surface area (Å²) in [6.45, 7) is 12.1. The van der Waals surface area contributed by atoms with Crippen molar-refractivity contribution in [2.75, 3.05) is 16.3 Å². The van der Waals surface area contributed by atoms with Crippen LogP contribution in [-0.4, -0.2) is 29.0 Å². The lowest BCUT2D eigenvalue weighted by Crippen LogP contribution is -2.54. The van der Waals surface area contributed by atoms with E-state index in [1.807, 2.05) is 30.3 Å². The number of benzene rings is 2.